The van der Waals surface area contributed by atoms with Crippen molar-refractivity contribution >= 4 is 15.9 Å². The van der Waals surface area contributed by atoms with E-state index in [1.54, 1.807) is 0 Å². The van der Waals surface area contributed by atoms with Crippen LogP contribution in [0.4, 0.5) is 0 Å². The molecule has 0 fully saturated rings. The summed E-state index contributed by atoms with van der Waals surface area (Å²) in [5.41, 5.74) is 10.1. The minimum atomic E-state index is 0.165. The Kier molecular flexibility index (Phi) is 3.69. The first-order valence-corrected chi connectivity index (χ1v) is 7.35. The van der Waals surface area contributed by atoms with Crippen molar-refractivity contribution in [1.82, 2.24) is 5.32 Å². The first-order valence-electron chi connectivity index (χ1n) is 6.56. The van der Waals surface area contributed by atoms with E-state index in [0.29, 0.717) is 6.04 Å². The number of nitrogens with one attached hydrogen (secondary N) is 1. The van der Waals surface area contributed by atoms with Crippen LogP contribution in [-0.2, 0) is 6.54 Å². The van der Waals surface area contributed by atoms with Crippen molar-refractivity contribution < 1.29 is 0 Å². The predicted molar refractivity (Wildman–Crippen MR) is 81.7 cm³/mol. The molecule has 0 amide bonds. The molecule has 0 aromatic heterocycles. The molecule has 2 atom stereocenters. The van der Waals surface area contributed by atoms with Gasteiger partial charge >= 0.3 is 0 Å². The number of rotatable bonds is 3. The molecule has 0 aliphatic heterocycles. The van der Waals surface area contributed by atoms with Crippen molar-refractivity contribution in [3.05, 3.63) is 69.7 Å². The average molecular weight is 317 g/mol. The molecule has 1 aliphatic carbocycles. The third-order valence-electron chi connectivity index (χ3n) is 3.73. The molecule has 0 spiro atoms. The van der Waals surface area contributed by atoms with E-state index in [2.05, 4.69) is 69.8 Å². The maximum atomic E-state index is 6.18. The fraction of sp³-hybridized carbons (Fsp3) is 0.250. The van der Waals surface area contributed by atoms with Crippen LogP contribution in [0.15, 0.2) is 53.0 Å². The minimum Gasteiger partial charge on any atom is -0.324 e. The Morgan fingerprint density at radius 3 is 2.47 bits per heavy atom. The normalized spacial score (nSPS) is 21.4. The SMILES string of the molecule is NC1CC(NCc2ccc(Br)cc2)c2ccccc21. The second-order valence-electron chi connectivity index (χ2n) is 5.03. The lowest BCUT2D eigenvalue weighted by atomic mass is 10.1. The lowest BCUT2D eigenvalue weighted by Crippen LogP contribution is -2.19. The molecule has 2 nitrogen and oxygen atoms in total. The van der Waals surface area contributed by atoms with E-state index in [1.807, 2.05) is 0 Å². The fourth-order valence-corrected chi connectivity index (χ4v) is 2.97. The predicted octanol–water partition coefficient (Wildman–Crippen LogP) is 3.68. The van der Waals surface area contributed by atoms with Gasteiger partial charge in [0.25, 0.3) is 0 Å². The number of hydrogen-bond acceptors (Lipinski definition) is 2. The largest absolute Gasteiger partial charge is 0.324 e. The summed E-state index contributed by atoms with van der Waals surface area (Å²) in [6.07, 6.45) is 0.982. The smallest absolute Gasteiger partial charge is 0.0344 e. The molecule has 0 heterocycles. The molecule has 0 bridgehead atoms. The van der Waals surface area contributed by atoms with Gasteiger partial charge in [0.1, 0.15) is 0 Å². The highest BCUT2D eigenvalue weighted by Crippen LogP contribution is 2.37. The Morgan fingerprint density at radius 1 is 1.05 bits per heavy atom. The molecule has 2 aromatic carbocycles. The summed E-state index contributed by atoms with van der Waals surface area (Å²) in [6.45, 7) is 0.874. The highest BCUT2D eigenvalue weighted by molar-refractivity contribution is 9.10. The molecule has 19 heavy (non-hydrogen) atoms. The molecule has 2 unspecified atom stereocenters. The highest BCUT2D eigenvalue weighted by atomic mass is 79.9. The van der Waals surface area contributed by atoms with Crippen molar-refractivity contribution in [3.8, 4) is 0 Å². The van der Waals surface area contributed by atoms with E-state index in [1.165, 1.54) is 16.7 Å². The summed E-state index contributed by atoms with van der Waals surface area (Å²) < 4.78 is 1.12. The lowest BCUT2D eigenvalue weighted by Gasteiger charge is -2.14. The van der Waals surface area contributed by atoms with E-state index in [0.717, 1.165) is 17.4 Å². The zero-order valence-corrected chi connectivity index (χ0v) is 12.2. The maximum absolute atomic E-state index is 6.18. The van der Waals surface area contributed by atoms with Crippen molar-refractivity contribution in [1.29, 1.82) is 0 Å². The monoisotopic (exact) mass is 316 g/mol. The molecule has 3 rings (SSSR count). The van der Waals surface area contributed by atoms with Crippen LogP contribution in [0.25, 0.3) is 0 Å². The fourth-order valence-electron chi connectivity index (χ4n) is 2.71. The summed E-state index contributed by atoms with van der Waals surface area (Å²) >= 11 is 3.46. The third kappa shape index (κ3) is 2.73. The van der Waals surface area contributed by atoms with E-state index >= 15 is 0 Å². The molecule has 0 saturated heterocycles. The van der Waals surface area contributed by atoms with Crippen molar-refractivity contribution in [2.45, 2.75) is 25.0 Å². The van der Waals surface area contributed by atoms with E-state index in [4.69, 9.17) is 5.73 Å². The lowest BCUT2D eigenvalue weighted by molar-refractivity contribution is 0.498. The van der Waals surface area contributed by atoms with Crippen molar-refractivity contribution in [2.24, 2.45) is 5.73 Å². The first kappa shape index (κ1) is 12.9. The van der Waals surface area contributed by atoms with Gasteiger partial charge in [0.15, 0.2) is 0 Å². The van der Waals surface area contributed by atoms with Crippen LogP contribution in [0.5, 0.6) is 0 Å². The molecule has 3 heteroatoms. The van der Waals surface area contributed by atoms with Gasteiger partial charge < -0.3 is 11.1 Å². The van der Waals surface area contributed by atoms with Crippen LogP contribution in [-0.4, -0.2) is 0 Å². The average Bonchev–Trinajstić information content (AvgIpc) is 2.76. The van der Waals surface area contributed by atoms with E-state index in [-0.39, 0.29) is 6.04 Å². The number of fused-ring (bicyclic) bond motifs is 1. The molecule has 98 valence electrons. The van der Waals surface area contributed by atoms with Gasteiger partial charge in [-0.25, -0.2) is 0 Å². The van der Waals surface area contributed by atoms with Crippen molar-refractivity contribution in [2.75, 3.05) is 0 Å². The highest BCUT2D eigenvalue weighted by Gasteiger charge is 2.27. The Labute approximate surface area is 122 Å². The van der Waals surface area contributed by atoms with Gasteiger partial charge in [0, 0.05) is 23.1 Å². The van der Waals surface area contributed by atoms with Gasteiger partial charge in [-0.05, 0) is 35.2 Å². The van der Waals surface area contributed by atoms with Crippen LogP contribution < -0.4 is 11.1 Å². The summed E-state index contributed by atoms with van der Waals surface area (Å²) in [7, 11) is 0. The number of benzene rings is 2. The molecule has 0 saturated carbocycles. The van der Waals surface area contributed by atoms with Gasteiger partial charge in [0.05, 0.1) is 0 Å². The second-order valence-corrected chi connectivity index (χ2v) is 5.95. The number of halogens is 1. The van der Waals surface area contributed by atoms with Crippen LogP contribution in [0.1, 0.15) is 35.2 Å². The Balaban J connectivity index is 1.70. The van der Waals surface area contributed by atoms with Gasteiger partial charge in [0.2, 0.25) is 0 Å². The zero-order chi connectivity index (χ0) is 13.2. The first-order chi connectivity index (χ1) is 9.24. The number of hydrogen-bond donors (Lipinski definition) is 2. The van der Waals surface area contributed by atoms with Crippen LogP contribution in [0.3, 0.4) is 0 Å². The molecular formula is C16H17BrN2. The molecule has 1 aliphatic rings. The summed E-state index contributed by atoms with van der Waals surface area (Å²) in [6, 6.07) is 17.4. The van der Waals surface area contributed by atoms with E-state index in [9.17, 15) is 0 Å². The summed E-state index contributed by atoms with van der Waals surface area (Å²) in [5.74, 6) is 0. The van der Waals surface area contributed by atoms with Crippen molar-refractivity contribution in [3.63, 3.8) is 0 Å². The third-order valence-corrected chi connectivity index (χ3v) is 4.26. The Hall–Kier alpha value is -1.16. The maximum Gasteiger partial charge on any atom is 0.0344 e. The van der Waals surface area contributed by atoms with Gasteiger partial charge in [-0.1, -0.05) is 52.3 Å². The molecular weight excluding hydrogens is 300 g/mol. The number of nitrogens with two attached hydrogens (primary N) is 1. The summed E-state index contributed by atoms with van der Waals surface area (Å²) in [4.78, 5) is 0. The van der Waals surface area contributed by atoms with Crippen LogP contribution in [0, 0.1) is 0 Å². The second kappa shape index (κ2) is 5.45. The summed E-state index contributed by atoms with van der Waals surface area (Å²) in [5, 5.41) is 3.61. The molecule has 3 N–H and O–H groups in total. The van der Waals surface area contributed by atoms with Crippen LogP contribution >= 0.6 is 15.9 Å². The van der Waals surface area contributed by atoms with Crippen LogP contribution in [0.2, 0.25) is 0 Å². The quantitative estimate of drug-likeness (QED) is 0.906. The zero-order valence-electron chi connectivity index (χ0n) is 10.6. The Bertz CT molecular complexity index is 565. The van der Waals surface area contributed by atoms with E-state index < -0.39 is 0 Å². The Morgan fingerprint density at radius 2 is 1.74 bits per heavy atom. The minimum absolute atomic E-state index is 0.165. The standard InChI is InChI=1S/C16H17BrN2/c17-12-7-5-11(6-8-12)10-19-16-9-15(18)13-3-1-2-4-14(13)16/h1-8,15-16,19H,9-10,18H2. The van der Waals surface area contributed by atoms with Gasteiger partial charge in [-0.3, -0.25) is 0 Å². The molecule has 0 radical (unpaired) electrons. The van der Waals surface area contributed by atoms with Gasteiger partial charge in [-0.15, -0.1) is 0 Å². The topological polar surface area (TPSA) is 38.0 Å². The van der Waals surface area contributed by atoms with Gasteiger partial charge in [-0.2, -0.15) is 0 Å². The molecule has 2 aromatic rings.